The highest BCUT2D eigenvalue weighted by Crippen LogP contribution is 2.22. The fraction of sp³-hybridized carbons (Fsp3) is 0.462. The summed E-state index contributed by atoms with van der Waals surface area (Å²) in [5.41, 5.74) is 0.862. The van der Waals surface area contributed by atoms with Crippen molar-refractivity contribution in [1.29, 1.82) is 0 Å². The second-order valence-electron chi connectivity index (χ2n) is 4.62. The lowest BCUT2D eigenvalue weighted by molar-refractivity contribution is -0.142. The van der Waals surface area contributed by atoms with Crippen LogP contribution in [0.25, 0.3) is 0 Å². The van der Waals surface area contributed by atoms with Gasteiger partial charge in [-0.2, -0.15) is 0 Å². The monoisotopic (exact) mass is 270 g/mol. The first-order valence-electron chi connectivity index (χ1n) is 5.80. The molecule has 0 radical (unpaired) electrons. The van der Waals surface area contributed by atoms with Gasteiger partial charge in [0, 0.05) is 0 Å². The van der Waals surface area contributed by atoms with Gasteiger partial charge in [0.25, 0.3) is 0 Å². The quantitative estimate of drug-likeness (QED) is 0.777. The van der Waals surface area contributed by atoms with Gasteiger partial charge >= 0.3 is 5.97 Å². The van der Waals surface area contributed by atoms with Crippen molar-refractivity contribution in [2.45, 2.75) is 25.5 Å². The first-order valence-corrected chi connectivity index (χ1v) is 6.97. The van der Waals surface area contributed by atoms with Crippen molar-refractivity contribution in [2.24, 2.45) is 11.8 Å². The van der Waals surface area contributed by atoms with Gasteiger partial charge in [-0.3, -0.25) is 4.79 Å². The molecule has 0 saturated heterocycles. The summed E-state index contributed by atoms with van der Waals surface area (Å²) in [5.74, 6) is -2.04. The number of rotatable bonds is 6. The number of hydrogen-bond donors (Lipinski definition) is 2. The highest BCUT2D eigenvalue weighted by molar-refractivity contribution is 7.80. The average molecular weight is 270 g/mol. The molecule has 3 unspecified atom stereocenters. The Labute approximate surface area is 109 Å². The van der Waals surface area contributed by atoms with E-state index >= 15 is 0 Å². The molecule has 100 valence electrons. The normalized spacial score (nSPS) is 16.2. The Morgan fingerprint density at radius 3 is 2.22 bits per heavy atom. The Kier molecular flexibility index (Phi) is 5.50. The van der Waals surface area contributed by atoms with E-state index in [1.54, 1.807) is 13.8 Å². The molecule has 5 heteroatoms. The molecule has 0 spiro atoms. The van der Waals surface area contributed by atoms with Gasteiger partial charge in [-0.15, -0.1) is 0 Å². The third kappa shape index (κ3) is 3.92. The van der Waals surface area contributed by atoms with E-state index in [0.717, 1.165) is 5.56 Å². The fourth-order valence-corrected chi connectivity index (χ4v) is 3.01. The summed E-state index contributed by atoms with van der Waals surface area (Å²) in [7, 11) is 0. The summed E-state index contributed by atoms with van der Waals surface area (Å²) in [6.45, 7) is 3.53. The summed E-state index contributed by atoms with van der Waals surface area (Å²) in [6, 6.07) is 9.16. The maximum Gasteiger partial charge on any atom is 0.308 e. The van der Waals surface area contributed by atoms with Crippen LogP contribution < -0.4 is 0 Å². The van der Waals surface area contributed by atoms with Gasteiger partial charge in [0.2, 0.25) is 0 Å². The second-order valence-corrected chi connectivity index (χ2v) is 5.72. The average Bonchev–Trinajstić information content (AvgIpc) is 2.28. The fourth-order valence-electron chi connectivity index (χ4n) is 2.05. The van der Waals surface area contributed by atoms with E-state index in [1.165, 1.54) is 0 Å². The van der Waals surface area contributed by atoms with Crippen molar-refractivity contribution in [3.8, 4) is 0 Å². The van der Waals surface area contributed by atoms with Crippen molar-refractivity contribution < 1.29 is 18.7 Å². The lowest BCUT2D eigenvalue weighted by Gasteiger charge is -2.24. The largest absolute Gasteiger partial charge is 0.481 e. The molecule has 3 atom stereocenters. The molecule has 18 heavy (non-hydrogen) atoms. The molecule has 2 N–H and O–H groups in total. The van der Waals surface area contributed by atoms with Gasteiger partial charge in [0.05, 0.1) is 11.2 Å². The van der Waals surface area contributed by atoms with Crippen LogP contribution in [0.1, 0.15) is 19.4 Å². The molecule has 1 aromatic rings. The van der Waals surface area contributed by atoms with Crippen LogP contribution in [-0.2, 0) is 22.3 Å². The SMILES string of the molecule is CC(C)C(C(Cc1ccccc1)C(=O)O)S(=O)O. The first kappa shape index (κ1) is 14.9. The minimum atomic E-state index is -2.14. The van der Waals surface area contributed by atoms with Crippen LogP contribution in [0.2, 0.25) is 0 Å². The Morgan fingerprint density at radius 2 is 1.83 bits per heavy atom. The third-order valence-corrected chi connectivity index (χ3v) is 4.24. The van der Waals surface area contributed by atoms with E-state index in [-0.39, 0.29) is 12.3 Å². The van der Waals surface area contributed by atoms with Gasteiger partial charge in [-0.1, -0.05) is 44.2 Å². The third-order valence-electron chi connectivity index (χ3n) is 2.90. The van der Waals surface area contributed by atoms with Crippen molar-refractivity contribution >= 4 is 17.0 Å². The van der Waals surface area contributed by atoms with E-state index in [0.29, 0.717) is 0 Å². The van der Waals surface area contributed by atoms with E-state index in [1.807, 2.05) is 30.3 Å². The second kappa shape index (κ2) is 6.66. The predicted octanol–water partition coefficient (Wildman–Crippen LogP) is 2.18. The van der Waals surface area contributed by atoms with Gasteiger partial charge < -0.3 is 9.66 Å². The van der Waals surface area contributed by atoms with Crippen LogP contribution in [0.15, 0.2) is 30.3 Å². The minimum absolute atomic E-state index is 0.166. The number of hydrogen-bond acceptors (Lipinski definition) is 2. The highest BCUT2D eigenvalue weighted by Gasteiger charge is 2.34. The smallest absolute Gasteiger partial charge is 0.308 e. The first-order chi connectivity index (χ1) is 8.43. The van der Waals surface area contributed by atoms with E-state index < -0.39 is 28.2 Å². The molecular formula is C13H18O4S. The molecule has 0 aliphatic heterocycles. The lowest BCUT2D eigenvalue weighted by atomic mass is 9.90. The van der Waals surface area contributed by atoms with Crippen LogP contribution in [0, 0.1) is 11.8 Å². The molecule has 0 bridgehead atoms. The number of carboxylic acids is 1. The molecule has 4 nitrogen and oxygen atoms in total. The molecule has 1 aromatic carbocycles. The molecule has 0 saturated carbocycles. The molecular weight excluding hydrogens is 252 g/mol. The molecule has 0 aliphatic rings. The zero-order valence-electron chi connectivity index (χ0n) is 10.4. The molecule has 0 heterocycles. The van der Waals surface area contributed by atoms with Gasteiger partial charge in [0.15, 0.2) is 11.1 Å². The standard InChI is InChI=1S/C13H18O4S/c1-9(2)12(18(16)17)11(13(14)15)8-10-6-4-3-5-7-10/h3-7,9,11-12H,8H2,1-2H3,(H,14,15)(H,16,17). The number of aliphatic carboxylic acids is 1. The Bertz CT molecular complexity index is 416. The van der Waals surface area contributed by atoms with E-state index in [9.17, 15) is 18.7 Å². The maximum atomic E-state index is 11.3. The molecule has 0 aliphatic carbocycles. The zero-order chi connectivity index (χ0) is 13.7. The summed E-state index contributed by atoms with van der Waals surface area (Å²) < 4.78 is 20.6. The van der Waals surface area contributed by atoms with Crippen molar-refractivity contribution in [3.63, 3.8) is 0 Å². The van der Waals surface area contributed by atoms with Crippen molar-refractivity contribution in [1.82, 2.24) is 0 Å². The van der Waals surface area contributed by atoms with Crippen molar-refractivity contribution in [3.05, 3.63) is 35.9 Å². The Hall–Kier alpha value is -1.20. The highest BCUT2D eigenvalue weighted by atomic mass is 32.2. The van der Waals surface area contributed by atoms with E-state index in [2.05, 4.69) is 0 Å². The van der Waals surface area contributed by atoms with Crippen LogP contribution in [0.5, 0.6) is 0 Å². The Morgan fingerprint density at radius 1 is 1.28 bits per heavy atom. The number of benzene rings is 1. The number of carbonyl (C=O) groups is 1. The maximum absolute atomic E-state index is 11.3. The van der Waals surface area contributed by atoms with Gasteiger partial charge in [-0.25, -0.2) is 4.21 Å². The summed E-state index contributed by atoms with van der Waals surface area (Å²) in [5, 5.41) is 8.50. The van der Waals surface area contributed by atoms with Crippen LogP contribution >= 0.6 is 0 Å². The zero-order valence-corrected chi connectivity index (χ0v) is 11.3. The summed E-state index contributed by atoms with van der Waals surface area (Å²) >= 11 is -2.14. The van der Waals surface area contributed by atoms with Crippen LogP contribution in [-0.4, -0.2) is 25.1 Å². The summed E-state index contributed by atoms with van der Waals surface area (Å²) in [6.07, 6.45) is 0.269. The predicted molar refractivity (Wildman–Crippen MR) is 70.7 cm³/mol. The van der Waals surface area contributed by atoms with Crippen LogP contribution in [0.4, 0.5) is 0 Å². The van der Waals surface area contributed by atoms with Gasteiger partial charge in [-0.05, 0) is 17.9 Å². The minimum Gasteiger partial charge on any atom is -0.481 e. The topological polar surface area (TPSA) is 74.6 Å². The molecule has 0 amide bonds. The lowest BCUT2D eigenvalue weighted by Crippen LogP contribution is -2.37. The van der Waals surface area contributed by atoms with Crippen LogP contribution in [0.3, 0.4) is 0 Å². The Balaban J connectivity index is 2.95. The van der Waals surface area contributed by atoms with E-state index in [4.69, 9.17) is 0 Å². The molecule has 0 fully saturated rings. The summed E-state index contributed by atoms with van der Waals surface area (Å²) in [4.78, 5) is 11.3. The molecule has 1 rings (SSSR count). The number of carboxylic acid groups (broad SMARTS) is 1. The molecule has 0 aromatic heterocycles. The van der Waals surface area contributed by atoms with Crippen molar-refractivity contribution in [2.75, 3.05) is 0 Å². The van der Waals surface area contributed by atoms with Gasteiger partial charge in [0.1, 0.15) is 0 Å².